The van der Waals surface area contributed by atoms with Crippen molar-refractivity contribution in [3.63, 3.8) is 0 Å². The highest BCUT2D eigenvalue weighted by atomic mass is 31.2. The molecular weight excluding hydrogens is 131 g/mol. The highest BCUT2D eigenvalue weighted by molar-refractivity contribution is 7.51. The molecule has 2 N–H and O–H groups in total. The Morgan fingerprint density at radius 2 is 2.00 bits per heavy atom. The Kier molecular flexibility index (Phi) is 1.19. The Bertz CT molecular complexity index is 155. The minimum Gasteiger partial charge on any atom is -0.324 e. The first-order chi connectivity index (χ1) is 3.58. The van der Waals surface area contributed by atoms with E-state index in [0.29, 0.717) is 0 Å². The monoisotopic (exact) mass is 136 g/mol. The summed E-state index contributed by atoms with van der Waals surface area (Å²) in [7, 11) is -3.85. The van der Waals surface area contributed by atoms with E-state index in [0.717, 1.165) is 0 Å². The van der Waals surface area contributed by atoms with Gasteiger partial charge >= 0.3 is 7.60 Å². The fourth-order valence-corrected chi connectivity index (χ4v) is 0.904. The molecule has 0 radical (unpaired) electrons. The van der Waals surface area contributed by atoms with Gasteiger partial charge in [0.25, 0.3) is 0 Å². The molecule has 0 aromatic heterocycles. The van der Waals surface area contributed by atoms with Gasteiger partial charge in [0.1, 0.15) is 0 Å². The molecule has 0 bridgehead atoms. The van der Waals surface area contributed by atoms with Crippen molar-refractivity contribution < 1.29 is 14.4 Å². The maximum atomic E-state index is 10.1. The third kappa shape index (κ3) is 2.16. The second kappa shape index (κ2) is 1.62. The summed E-state index contributed by atoms with van der Waals surface area (Å²) in [5.74, 6) is 0. The van der Waals surface area contributed by atoms with Crippen molar-refractivity contribution in [3.8, 4) is 0 Å². The van der Waals surface area contributed by atoms with Crippen LogP contribution in [-0.4, -0.2) is 22.1 Å². The summed E-state index contributed by atoms with van der Waals surface area (Å²) >= 11 is 0. The molecule has 1 aliphatic rings. The lowest BCUT2D eigenvalue weighted by molar-refractivity contribution is 0.372. The molecule has 0 saturated carbocycles. The summed E-state index contributed by atoms with van der Waals surface area (Å²) in [6.45, 7) is 0. The summed E-state index contributed by atoms with van der Waals surface area (Å²) < 4.78 is 10.1. The highest BCUT2D eigenvalue weighted by Gasteiger charge is 2.26. The predicted octanol–water partition coefficient (Wildman–Crippen LogP) is -0.0440. The predicted molar refractivity (Wildman–Crippen MR) is 25.6 cm³/mol. The van der Waals surface area contributed by atoms with Crippen LogP contribution in [0.4, 0.5) is 0 Å². The zero-order chi connectivity index (χ0) is 6.20. The van der Waals surface area contributed by atoms with Crippen LogP contribution in [0.15, 0.2) is 10.2 Å². The summed E-state index contributed by atoms with van der Waals surface area (Å²) in [6.07, 6.45) is -0.650. The fraction of sp³-hybridized carbons (Fsp3) is 1.00. The molecule has 1 rings (SSSR count). The third-order valence-corrected chi connectivity index (χ3v) is 1.48. The molecular formula is C2H5N2O3P. The maximum absolute atomic E-state index is 10.1. The maximum Gasteiger partial charge on any atom is 0.329 e. The Hall–Kier alpha value is -0.250. The van der Waals surface area contributed by atoms with Crippen LogP contribution in [0.25, 0.3) is 0 Å². The zero-order valence-corrected chi connectivity index (χ0v) is 4.82. The van der Waals surface area contributed by atoms with Crippen molar-refractivity contribution in [2.45, 2.75) is 6.17 Å². The van der Waals surface area contributed by atoms with Gasteiger partial charge in [-0.1, -0.05) is 0 Å². The smallest absolute Gasteiger partial charge is 0.324 e. The van der Waals surface area contributed by atoms with Gasteiger partial charge in [-0.15, -0.1) is 0 Å². The van der Waals surface area contributed by atoms with Gasteiger partial charge in [0.2, 0.25) is 0 Å². The van der Waals surface area contributed by atoms with Gasteiger partial charge in [-0.3, -0.25) is 4.57 Å². The van der Waals surface area contributed by atoms with Crippen LogP contribution in [-0.2, 0) is 4.57 Å². The van der Waals surface area contributed by atoms with Crippen LogP contribution in [0.5, 0.6) is 0 Å². The van der Waals surface area contributed by atoms with Crippen molar-refractivity contribution in [3.05, 3.63) is 0 Å². The van der Waals surface area contributed by atoms with E-state index in [4.69, 9.17) is 9.79 Å². The van der Waals surface area contributed by atoms with Crippen LogP contribution in [0.3, 0.4) is 0 Å². The lowest BCUT2D eigenvalue weighted by Gasteiger charge is -1.95. The van der Waals surface area contributed by atoms with E-state index in [2.05, 4.69) is 10.2 Å². The highest BCUT2D eigenvalue weighted by Crippen LogP contribution is 2.38. The van der Waals surface area contributed by atoms with Crippen molar-refractivity contribution in [2.24, 2.45) is 10.2 Å². The summed E-state index contributed by atoms with van der Waals surface area (Å²) in [6, 6.07) is 0. The number of nitrogens with zero attached hydrogens (tertiary/aromatic N) is 2. The van der Waals surface area contributed by atoms with Gasteiger partial charge in [-0.25, -0.2) is 0 Å². The van der Waals surface area contributed by atoms with Gasteiger partial charge in [-0.05, 0) is 0 Å². The van der Waals surface area contributed by atoms with Crippen LogP contribution in [0.1, 0.15) is 0 Å². The Morgan fingerprint density at radius 3 is 2.12 bits per heavy atom. The minimum absolute atomic E-state index is 0.229. The SMILES string of the molecule is O=P(O)(O)CC1N=N1. The van der Waals surface area contributed by atoms with Crippen molar-refractivity contribution in [1.29, 1.82) is 0 Å². The summed E-state index contributed by atoms with van der Waals surface area (Å²) in [5, 5.41) is 6.64. The summed E-state index contributed by atoms with van der Waals surface area (Å²) in [5.41, 5.74) is 0. The first-order valence-corrected chi connectivity index (χ1v) is 3.82. The largest absolute Gasteiger partial charge is 0.329 e. The van der Waals surface area contributed by atoms with Gasteiger partial charge < -0.3 is 9.79 Å². The first kappa shape index (κ1) is 5.88. The topological polar surface area (TPSA) is 82.2 Å². The second-order valence-corrected chi connectivity index (χ2v) is 3.25. The van der Waals surface area contributed by atoms with E-state index >= 15 is 0 Å². The lowest BCUT2D eigenvalue weighted by atomic mass is 10.7. The van der Waals surface area contributed by atoms with Crippen LogP contribution >= 0.6 is 7.60 Å². The summed E-state index contributed by atoms with van der Waals surface area (Å²) in [4.78, 5) is 16.4. The normalized spacial score (nSPS) is 19.2. The number of hydrogen-bond acceptors (Lipinski definition) is 3. The van der Waals surface area contributed by atoms with E-state index in [9.17, 15) is 4.57 Å². The second-order valence-electron chi connectivity index (χ2n) is 1.56. The van der Waals surface area contributed by atoms with Crippen LogP contribution in [0.2, 0.25) is 0 Å². The molecule has 1 aliphatic heterocycles. The van der Waals surface area contributed by atoms with Crippen molar-refractivity contribution in [2.75, 3.05) is 6.16 Å². The van der Waals surface area contributed by atoms with Gasteiger partial charge in [-0.2, -0.15) is 10.2 Å². The van der Waals surface area contributed by atoms with Crippen LogP contribution < -0.4 is 0 Å². The molecule has 46 valence electrons. The quantitative estimate of drug-likeness (QED) is 0.522. The third-order valence-electron chi connectivity index (χ3n) is 0.680. The average Bonchev–Trinajstić information content (AvgIpc) is 2.12. The average molecular weight is 136 g/mol. The van der Waals surface area contributed by atoms with Gasteiger partial charge in [0, 0.05) is 0 Å². The standard InChI is InChI=1S/C2H5N2O3P/c5-8(6,7)1-2-3-4-2/h2H,1H2,(H2,5,6,7). The Labute approximate surface area is 45.6 Å². The lowest BCUT2D eigenvalue weighted by Crippen LogP contribution is -1.94. The van der Waals surface area contributed by atoms with E-state index < -0.39 is 13.8 Å². The minimum atomic E-state index is -3.85. The molecule has 0 saturated heterocycles. The molecule has 0 unspecified atom stereocenters. The van der Waals surface area contributed by atoms with Crippen molar-refractivity contribution >= 4 is 7.60 Å². The first-order valence-electron chi connectivity index (χ1n) is 2.02. The fourth-order valence-electron chi connectivity index (χ4n) is 0.333. The zero-order valence-electron chi connectivity index (χ0n) is 3.93. The van der Waals surface area contributed by atoms with E-state index in [1.54, 1.807) is 0 Å². The van der Waals surface area contributed by atoms with Crippen LogP contribution in [0, 0.1) is 0 Å². The molecule has 0 spiro atoms. The van der Waals surface area contributed by atoms with Gasteiger partial charge in [0.05, 0.1) is 6.16 Å². The molecule has 0 aliphatic carbocycles. The molecule has 6 heteroatoms. The molecule has 0 amide bonds. The molecule has 0 fully saturated rings. The molecule has 0 atom stereocenters. The number of rotatable bonds is 2. The Morgan fingerprint density at radius 1 is 1.50 bits per heavy atom. The van der Waals surface area contributed by atoms with Crippen molar-refractivity contribution in [1.82, 2.24) is 0 Å². The van der Waals surface area contributed by atoms with E-state index in [1.165, 1.54) is 0 Å². The molecule has 0 aromatic carbocycles. The molecule has 8 heavy (non-hydrogen) atoms. The molecule has 1 heterocycles. The van der Waals surface area contributed by atoms with E-state index in [1.807, 2.05) is 0 Å². The van der Waals surface area contributed by atoms with E-state index in [-0.39, 0.29) is 6.16 Å². The number of hydrogen-bond donors (Lipinski definition) is 2. The molecule has 5 nitrogen and oxygen atoms in total. The van der Waals surface area contributed by atoms with Gasteiger partial charge in [0.15, 0.2) is 6.17 Å². The molecule has 0 aromatic rings. The Balaban J connectivity index is 2.28.